The van der Waals surface area contributed by atoms with Crippen LogP contribution in [0.25, 0.3) is 0 Å². The minimum absolute atomic E-state index is 0.116. The third-order valence-corrected chi connectivity index (χ3v) is 5.59. The van der Waals surface area contributed by atoms with Gasteiger partial charge < -0.3 is 4.90 Å². The molecule has 0 unspecified atom stereocenters. The topological polar surface area (TPSA) is 43.9 Å². The number of nitrogens with zero attached hydrogens (tertiary/aromatic N) is 3. The van der Waals surface area contributed by atoms with E-state index in [0.29, 0.717) is 17.7 Å². The predicted molar refractivity (Wildman–Crippen MR) is 96.6 cm³/mol. The maximum atomic E-state index is 12.6. The lowest BCUT2D eigenvalue weighted by Gasteiger charge is -2.40. The van der Waals surface area contributed by atoms with Gasteiger partial charge in [0.25, 0.3) is 11.8 Å². The van der Waals surface area contributed by atoms with E-state index in [1.54, 1.807) is 12.1 Å². The highest BCUT2D eigenvalue weighted by Crippen LogP contribution is 2.30. The second kappa shape index (κ2) is 6.22. The Morgan fingerprint density at radius 3 is 2.00 bits per heavy atom. The molecular weight excluding hydrogens is 314 g/mol. The molecule has 1 saturated carbocycles. The minimum Gasteiger partial charge on any atom is -0.300 e. The first-order valence-electron chi connectivity index (χ1n) is 9.36. The summed E-state index contributed by atoms with van der Waals surface area (Å²) in [4.78, 5) is 31.7. The average Bonchev–Trinajstić information content (AvgIpc) is 3.41. The van der Waals surface area contributed by atoms with Crippen LogP contribution in [0.2, 0.25) is 0 Å². The van der Waals surface area contributed by atoms with Crippen molar-refractivity contribution in [2.75, 3.05) is 39.3 Å². The third-order valence-electron chi connectivity index (χ3n) is 5.59. The molecule has 0 bridgehead atoms. The second-order valence-corrected chi connectivity index (χ2v) is 8.45. The molecule has 2 heterocycles. The molecule has 2 aliphatic heterocycles. The molecule has 1 aromatic carbocycles. The summed E-state index contributed by atoms with van der Waals surface area (Å²) in [5.41, 5.74) is 0.970. The Hall–Kier alpha value is -1.72. The highest BCUT2D eigenvalue weighted by atomic mass is 16.2. The fourth-order valence-corrected chi connectivity index (χ4v) is 4.19. The number of hydrogen-bond donors (Lipinski definition) is 0. The van der Waals surface area contributed by atoms with Crippen molar-refractivity contribution in [1.29, 1.82) is 0 Å². The van der Waals surface area contributed by atoms with Crippen molar-refractivity contribution in [1.82, 2.24) is 14.7 Å². The van der Waals surface area contributed by atoms with E-state index in [2.05, 4.69) is 23.6 Å². The van der Waals surface area contributed by atoms with E-state index in [1.165, 1.54) is 17.7 Å². The van der Waals surface area contributed by atoms with Crippen molar-refractivity contribution in [3.8, 4) is 0 Å². The van der Waals surface area contributed by atoms with Gasteiger partial charge in [0.2, 0.25) is 0 Å². The molecule has 0 N–H and O–H groups in total. The van der Waals surface area contributed by atoms with Crippen molar-refractivity contribution in [3.05, 3.63) is 35.4 Å². The summed E-state index contributed by atoms with van der Waals surface area (Å²) < 4.78 is 0. The number of amides is 2. The van der Waals surface area contributed by atoms with Crippen molar-refractivity contribution < 1.29 is 9.59 Å². The number of hydrogen-bond acceptors (Lipinski definition) is 4. The van der Waals surface area contributed by atoms with Gasteiger partial charge in [0.1, 0.15) is 0 Å². The molecule has 5 heteroatoms. The molecule has 1 saturated heterocycles. The molecule has 0 spiro atoms. The minimum atomic E-state index is -0.146. The second-order valence-electron chi connectivity index (χ2n) is 8.45. The molecule has 2 fully saturated rings. The van der Waals surface area contributed by atoms with Crippen molar-refractivity contribution >= 4 is 11.8 Å². The smallest absolute Gasteiger partial charge is 0.261 e. The Bertz CT molecular complexity index is 653. The number of fused-ring (bicyclic) bond motifs is 1. The molecule has 3 aliphatic rings. The summed E-state index contributed by atoms with van der Waals surface area (Å²) >= 11 is 0. The first-order valence-corrected chi connectivity index (χ1v) is 9.36. The average molecular weight is 341 g/mol. The molecule has 2 amide bonds. The zero-order valence-corrected chi connectivity index (χ0v) is 15.2. The van der Waals surface area contributed by atoms with E-state index in [9.17, 15) is 9.59 Å². The lowest BCUT2D eigenvalue weighted by Crippen LogP contribution is -2.51. The van der Waals surface area contributed by atoms with E-state index in [1.807, 2.05) is 12.1 Å². The Morgan fingerprint density at radius 2 is 1.48 bits per heavy atom. The van der Waals surface area contributed by atoms with Gasteiger partial charge in [-0.05, 0) is 30.4 Å². The van der Waals surface area contributed by atoms with Crippen LogP contribution < -0.4 is 0 Å². The molecule has 5 nitrogen and oxygen atoms in total. The van der Waals surface area contributed by atoms with Crippen molar-refractivity contribution in [2.24, 2.45) is 5.41 Å². The summed E-state index contributed by atoms with van der Waals surface area (Å²) in [5.74, 6) is -0.292. The maximum absolute atomic E-state index is 12.6. The van der Waals surface area contributed by atoms with Crippen LogP contribution in [0, 0.1) is 5.41 Å². The molecule has 0 radical (unpaired) electrons. The summed E-state index contributed by atoms with van der Waals surface area (Å²) in [6.45, 7) is 10.2. The van der Waals surface area contributed by atoms with E-state index >= 15 is 0 Å². The van der Waals surface area contributed by atoms with Crippen LogP contribution in [-0.2, 0) is 0 Å². The monoisotopic (exact) mass is 341 g/mol. The Labute approximate surface area is 149 Å². The van der Waals surface area contributed by atoms with Gasteiger partial charge in [-0.3, -0.25) is 19.4 Å². The van der Waals surface area contributed by atoms with Crippen LogP contribution >= 0.6 is 0 Å². The van der Waals surface area contributed by atoms with E-state index < -0.39 is 0 Å². The van der Waals surface area contributed by atoms with Crippen molar-refractivity contribution in [2.45, 2.75) is 32.7 Å². The van der Waals surface area contributed by atoms with Crippen LogP contribution in [0.15, 0.2) is 24.3 Å². The summed E-state index contributed by atoms with van der Waals surface area (Å²) in [5, 5.41) is 0. The van der Waals surface area contributed by atoms with Gasteiger partial charge in [-0.2, -0.15) is 0 Å². The van der Waals surface area contributed by atoms with Gasteiger partial charge in [0, 0.05) is 45.3 Å². The molecule has 25 heavy (non-hydrogen) atoms. The maximum Gasteiger partial charge on any atom is 0.261 e. The fourth-order valence-electron chi connectivity index (χ4n) is 4.19. The van der Waals surface area contributed by atoms with E-state index in [0.717, 1.165) is 38.8 Å². The van der Waals surface area contributed by atoms with E-state index in [-0.39, 0.29) is 17.2 Å². The number of benzene rings is 1. The lowest BCUT2D eigenvalue weighted by atomic mass is 9.91. The number of rotatable bonds is 5. The first kappa shape index (κ1) is 16.7. The standard InChI is InChI=1S/C20H27N3O2/c1-20(2,13-21-9-11-22(12-10-21)15-7-8-15)14-23-18(24)16-5-3-4-6-17(16)19(23)25/h3-6,15H,7-14H2,1-2H3. The summed E-state index contributed by atoms with van der Waals surface area (Å²) in [6.07, 6.45) is 2.73. The van der Waals surface area contributed by atoms with E-state index in [4.69, 9.17) is 0 Å². The number of carbonyl (C=O) groups excluding carboxylic acids is 2. The summed E-state index contributed by atoms with van der Waals surface area (Å²) in [7, 11) is 0. The highest BCUT2D eigenvalue weighted by Gasteiger charge is 2.39. The molecule has 4 rings (SSSR count). The van der Waals surface area contributed by atoms with Gasteiger partial charge in [-0.25, -0.2) is 0 Å². The van der Waals surface area contributed by atoms with Crippen LogP contribution in [0.1, 0.15) is 47.4 Å². The van der Waals surface area contributed by atoms with Gasteiger partial charge in [-0.1, -0.05) is 26.0 Å². The predicted octanol–water partition coefficient (Wildman–Crippen LogP) is 2.09. The van der Waals surface area contributed by atoms with Gasteiger partial charge >= 0.3 is 0 Å². The molecular formula is C20H27N3O2. The summed E-state index contributed by atoms with van der Waals surface area (Å²) in [6, 6.07) is 7.98. The van der Waals surface area contributed by atoms with Crippen LogP contribution in [0.4, 0.5) is 0 Å². The number of imide groups is 1. The lowest BCUT2D eigenvalue weighted by molar-refractivity contribution is 0.0500. The largest absolute Gasteiger partial charge is 0.300 e. The van der Waals surface area contributed by atoms with Crippen LogP contribution in [0.3, 0.4) is 0 Å². The normalized spacial score (nSPS) is 22.6. The van der Waals surface area contributed by atoms with Gasteiger partial charge in [-0.15, -0.1) is 0 Å². The van der Waals surface area contributed by atoms with Crippen LogP contribution in [0.5, 0.6) is 0 Å². The quantitative estimate of drug-likeness (QED) is 0.769. The van der Waals surface area contributed by atoms with Gasteiger partial charge in [0.15, 0.2) is 0 Å². The van der Waals surface area contributed by atoms with Crippen molar-refractivity contribution in [3.63, 3.8) is 0 Å². The zero-order chi connectivity index (χ0) is 17.6. The number of piperazine rings is 1. The molecule has 134 valence electrons. The third kappa shape index (κ3) is 3.35. The Kier molecular flexibility index (Phi) is 4.16. The molecule has 0 atom stereocenters. The zero-order valence-electron chi connectivity index (χ0n) is 15.2. The Balaban J connectivity index is 1.37. The molecule has 1 aliphatic carbocycles. The Morgan fingerprint density at radius 1 is 0.920 bits per heavy atom. The SMILES string of the molecule is CC(C)(CN1CCN(C2CC2)CC1)CN1C(=O)c2ccccc2C1=O. The molecule has 0 aromatic heterocycles. The highest BCUT2D eigenvalue weighted by molar-refractivity contribution is 6.21. The fraction of sp³-hybridized carbons (Fsp3) is 0.600. The van der Waals surface area contributed by atoms with Gasteiger partial charge in [0.05, 0.1) is 11.1 Å². The first-order chi connectivity index (χ1) is 11.9. The van der Waals surface area contributed by atoms with Crippen LogP contribution in [-0.4, -0.2) is 71.8 Å². The number of carbonyl (C=O) groups is 2. The molecule has 1 aromatic rings.